The van der Waals surface area contributed by atoms with Gasteiger partial charge < -0.3 is 10.1 Å². The van der Waals surface area contributed by atoms with Crippen LogP contribution in [-0.2, 0) is 11.3 Å². The highest BCUT2D eigenvalue weighted by molar-refractivity contribution is 7.15. The van der Waals surface area contributed by atoms with Crippen LogP contribution in [0.4, 0.5) is 0 Å². The van der Waals surface area contributed by atoms with Crippen molar-refractivity contribution < 1.29 is 4.74 Å². The number of nitrogens with one attached hydrogen (secondary N) is 1. The lowest BCUT2D eigenvalue weighted by atomic mass is 10.3. The van der Waals surface area contributed by atoms with Gasteiger partial charge in [-0.1, -0.05) is 11.6 Å². The second-order valence-electron chi connectivity index (χ2n) is 3.01. The third kappa shape index (κ3) is 2.64. The van der Waals surface area contributed by atoms with E-state index in [4.69, 9.17) is 16.3 Å². The summed E-state index contributed by atoms with van der Waals surface area (Å²) in [6.07, 6.45) is 3.24. The third-order valence-electron chi connectivity index (χ3n) is 2.00. The first kappa shape index (κ1) is 9.40. The monoisotopic (exact) mass is 218 g/mol. The van der Waals surface area contributed by atoms with Crippen LogP contribution < -0.4 is 5.32 Å². The maximum absolute atomic E-state index is 5.70. The number of nitrogens with zero attached hydrogens (tertiary/aromatic N) is 1. The molecule has 5 heteroatoms. The van der Waals surface area contributed by atoms with Crippen LogP contribution in [0.25, 0.3) is 0 Å². The quantitative estimate of drug-likeness (QED) is 0.838. The molecule has 1 aromatic heterocycles. The van der Waals surface area contributed by atoms with Gasteiger partial charge in [-0.2, -0.15) is 0 Å². The van der Waals surface area contributed by atoms with Gasteiger partial charge >= 0.3 is 0 Å². The van der Waals surface area contributed by atoms with Crippen molar-refractivity contribution in [2.24, 2.45) is 0 Å². The van der Waals surface area contributed by atoms with Gasteiger partial charge in [-0.15, -0.1) is 11.3 Å². The van der Waals surface area contributed by atoms with Crippen molar-refractivity contribution in [1.82, 2.24) is 10.3 Å². The molecule has 1 aromatic rings. The molecular formula is C8H11ClN2OS. The molecule has 2 heterocycles. The van der Waals surface area contributed by atoms with Crippen molar-refractivity contribution in [3.8, 4) is 0 Å². The minimum absolute atomic E-state index is 0.362. The van der Waals surface area contributed by atoms with E-state index >= 15 is 0 Å². The number of aromatic nitrogens is 1. The lowest BCUT2D eigenvalue weighted by molar-refractivity contribution is 0.0558. The maximum atomic E-state index is 5.70. The largest absolute Gasteiger partial charge is 0.371 e. The molecule has 0 saturated carbocycles. The molecular weight excluding hydrogens is 208 g/mol. The molecule has 0 radical (unpaired) electrons. The number of hydrogen-bond donors (Lipinski definition) is 1. The number of hydrogen-bond acceptors (Lipinski definition) is 4. The van der Waals surface area contributed by atoms with Gasteiger partial charge in [0.1, 0.15) is 0 Å². The van der Waals surface area contributed by atoms with Gasteiger partial charge in [0.05, 0.1) is 17.6 Å². The molecule has 0 aliphatic carbocycles. The molecule has 1 aliphatic rings. The molecule has 0 bridgehead atoms. The van der Waals surface area contributed by atoms with Crippen LogP contribution in [0, 0.1) is 0 Å². The van der Waals surface area contributed by atoms with Crippen LogP contribution in [-0.4, -0.2) is 24.2 Å². The molecule has 0 amide bonds. The average molecular weight is 219 g/mol. The summed E-state index contributed by atoms with van der Waals surface area (Å²) in [7, 11) is 0. The molecule has 1 aliphatic heterocycles. The van der Waals surface area contributed by atoms with Crippen LogP contribution in [0.15, 0.2) is 6.20 Å². The Morgan fingerprint density at radius 1 is 1.77 bits per heavy atom. The summed E-state index contributed by atoms with van der Waals surface area (Å²) in [5, 5.41) is 3.25. The normalized spacial score (nSPS) is 22.4. The Kier molecular flexibility index (Phi) is 3.16. The maximum Gasteiger partial charge on any atom is 0.183 e. The Morgan fingerprint density at radius 2 is 2.69 bits per heavy atom. The van der Waals surface area contributed by atoms with Gasteiger partial charge in [-0.3, -0.25) is 0 Å². The van der Waals surface area contributed by atoms with E-state index in [1.807, 2.05) is 0 Å². The second kappa shape index (κ2) is 4.37. The van der Waals surface area contributed by atoms with Gasteiger partial charge in [-0.25, -0.2) is 4.98 Å². The minimum Gasteiger partial charge on any atom is -0.371 e. The molecule has 1 atom stereocenters. The number of rotatable bonds is 3. The van der Waals surface area contributed by atoms with E-state index in [9.17, 15) is 0 Å². The van der Waals surface area contributed by atoms with Crippen molar-refractivity contribution in [2.75, 3.05) is 13.1 Å². The topological polar surface area (TPSA) is 34.1 Å². The molecule has 0 aromatic carbocycles. The fourth-order valence-corrected chi connectivity index (χ4v) is 2.22. The van der Waals surface area contributed by atoms with E-state index in [1.165, 1.54) is 11.3 Å². The predicted molar refractivity (Wildman–Crippen MR) is 53.2 cm³/mol. The predicted octanol–water partition coefficient (Wildman–Crippen LogP) is 1.68. The van der Waals surface area contributed by atoms with Gasteiger partial charge in [0.25, 0.3) is 0 Å². The zero-order chi connectivity index (χ0) is 9.10. The molecule has 1 N–H and O–H groups in total. The second-order valence-corrected chi connectivity index (χ2v) is 4.70. The highest BCUT2D eigenvalue weighted by atomic mass is 35.5. The van der Waals surface area contributed by atoms with E-state index in [0.717, 1.165) is 24.4 Å². The van der Waals surface area contributed by atoms with E-state index < -0.39 is 0 Å². The summed E-state index contributed by atoms with van der Waals surface area (Å²) in [6, 6.07) is 0. The zero-order valence-corrected chi connectivity index (χ0v) is 8.70. The fraction of sp³-hybridized carbons (Fsp3) is 0.625. The first-order valence-corrected chi connectivity index (χ1v) is 5.46. The van der Waals surface area contributed by atoms with Crippen molar-refractivity contribution in [3.05, 3.63) is 15.5 Å². The smallest absolute Gasteiger partial charge is 0.183 e. The van der Waals surface area contributed by atoms with Crippen LogP contribution in [0.2, 0.25) is 4.47 Å². The fourth-order valence-electron chi connectivity index (χ4n) is 1.32. The number of thiazole rings is 1. The Labute approximate surface area is 86.1 Å². The zero-order valence-electron chi connectivity index (χ0n) is 7.12. The minimum atomic E-state index is 0.362. The Morgan fingerprint density at radius 3 is 3.31 bits per heavy atom. The van der Waals surface area contributed by atoms with Crippen molar-refractivity contribution in [1.29, 1.82) is 0 Å². The van der Waals surface area contributed by atoms with E-state index in [0.29, 0.717) is 17.2 Å². The molecule has 0 spiro atoms. The van der Waals surface area contributed by atoms with Crippen LogP contribution in [0.5, 0.6) is 0 Å². The van der Waals surface area contributed by atoms with Crippen LogP contribution >= 0.6 is 22.9 Å². The van der Waals surface area contributed by atoms with Crippen LogP contribution in [0.3, 0.4) is 0 Å². The molecule has 0 unspecified atom stereocenters. The summed E-state index contributed by atoms with van der Waals surface area (Å²) in [5.41, 5.74) is 0. The third-order valence-corrected chi connectivity index (χ3v) is 3.09. The Bertz CT molecular complexity index is 273. The number of halogens is 1. The molecule has 1 fully saturated rings. The van der Waals surface area contributed by atoms with Gasteiger partial charge in [-0.05, 0) is 13.0 Å². The number of ether oxygens (including phenoxy) is 1. The highest BCUT2D eigenvalue weighted by Gasteiger charge is 2.14. The van der Waals surface area contributed by atoms with Crippen LogP contribution in [0.1, 0.15) is 11.3 Å². The Hall–Kier alpha value is -0.160. The summed E-state index contributed by atoms with van der Waals surface area (Å²) in [6.45, 7) is 2.66. The summed E-state index contributed by atoms with van der Waals surface area (Å²) >= 11 is 7.18. The summed E-state index contributed by atoms with van der Waals surface area (Å²) in [4.78, 5) is 5.04. The Balaban J connectivity index is 1.78. The summed E-state index contributed by atoms with van der Waals surface area (Å²) in [5.74, 6) is 0. The molecule has 2 rings (SSSR count). The molecule has 72 valence electrons. The molecule has 1 saturated heterocycles. The van der Waals surface area contributed by atoms with E-state index in [1.54, 1.807) is 6.20 Å². The highest BCUT2D eigenvalue weighted by Crippen LogP contribution is 2.19. The van der Waals surface area contributed by atoms with Crippen molar-refractivity contribution >= 4 is 22.9 Å². The molecule has 13 heavy (non-hydrogen) atoms. The molecule has 3 nitrogen and oxygen atoms in total. The standard InChI is InChI=1S/C8H11ClN2OS/c9-8-11-4-7(13-8)5-12-6-1-2-10-3-6/h4,6,10H,1-3,5H2/t6-/m0/s1. The SMILES string of the molecule is Clc1ncc(CO[C@H]2CCNC2)s1. The summed E-state index contributed by atoms with van der Waals surface area (Å²) < 4.78 is 6.24. The first-order chi connectivity index (χ1) is 6.34. The lowest BCUT2D eigenvalue weighted by Crippen LogP contribution is -2.16. The van der Waals surface area contributed by atoms with Crippen molar-refractivity contribution in [2.45, 2.75) is 19.1 Å². The van der Waals surface area contributed by atoms with Gasteiger partial charge in [0, 0.05) is 12.7 Å². The first-order valence-electron chi connectivity index (χ1n) is 4.27. The van der Waals surface area contributed by atoms with E-state index in [2.05, 4.69) is 10.3 Å². The lowest BCUT2D eigenvalue weighted by Gasteiger charge is -2.07. The van der Waals surface area contributed by atoms with Crippen molar-refractivity contribution in [3.63, 3.8) is 0 Å². The van der Waals surface area contributed by atoms with Gasteiger partial charge in [0.15, 0.2) is 4.47 Å². The van der Waals surface area contributed by atoms with Gasteiger partial charge in [0.2, 0.25) is 0 Å². The van der Waals surface area contributed by atoms with E-state index in [-0.39, 0.29) is 0 Å². The average Bonchev–Trinajstić information content (AvgIpc) is 2.71.